The van der Waals surface area contributed by atoms with Gasteiger partial charge in [-0.05, 0) is 237 Å². The van der Waals surface area contributed by atoms with E-state index in [2.05, 4.69) is 108 Å². The zero-order chi connectivity index (χ0) is 80.7. The summed E-state index contributed by atoms with van der Waals surface area (Å²) in [7, 11) is 0. The highest BCUT2D eigenvalue weighted by molar-refractivity contribution is 6.12. The second-order valence-corrected chi connectivity index (χ2v) is 30.9. The standard InChI is InChI=1S/C26H32N2O.C25H27F3N2O.C21H25F3N2O3.C20H26N2O3/c1-21(29)25-20-28(26-12-6-5-11-24(25)26)16-8-7-15-27-17-13-23(14-18-27)19-22-9-3-2-4-10-22;26-25(27,28)24(31)22-18-30(23-10-5-4-9-21(22)23)14-6-13-29-15-11-20(12-16-29)17-19-7-2-1-3-8-19;1-2-29-20(28)15-8-12-25(13-9-15)10-5-11-26-14-17(19(27)21(22,23)24)16-6-3-4-7-18(16)26;1-3-25-20(24)16-8-10-21(11-9-16)12-13-22-14-18(15(2)23)17-6-4-5-7-19(17)22/h2-6,9-12,20,23H,7-8,13-19H2,1H3;1-5,7-10,18,20H,6,11-17H2;3-4,6-7,14-15H,2,5,8-13H2,1H3;4-7,14,16H,3,8-13H2,1-2H3. The number of unbranched alkanes of at least 4 members (excludes halogenated alkanes) is 1. The van der Waals surface area contributed by atoms with Crippen LogP contribution in [0.5, 0.6) is 0 Å². The number of aryl methyl sites for hydroxylation is 3. The van der Waals surface area contributed by atoms with Crippen molar-refractivity contribution in [2.24, 2.45) is 23.7 Å². The van der Waals surface area contributed by atoms with E-state index in [0.717, 1.165) is 157 Å². The third-order valence-corrected chi connectivity index (χ3v) is 23.0. The summed E-state index contributed by atoms with van der Waals surface area (Å²) in [6, 6.07) is 51.3. The van der Waals surface area contributed by atoms with Crippen LogP contribution in [0.2, 0.25) is 0 Å². The highest BCUT2D eigenvalue weighted by Gasteiger charge is 2.42. The molecule has 608 valence electrons. The first-order valence-corrected chi connectivity index (χ1v) is 40.9. The number of alkyl halides is 6. The number of esters is 2. The van der Waals surface area contributed by atoms with Crippen molar-refractivity contribution in [3.8, 4) is 0 Å². The molecule has 0 spiro atoms. The van der Waals surface area contributed by atoms with Crippen LogP contribution in [0.4, 0.5) is 26.3 Å². The Morgan fingerprint density at radius 3 is 0.939 bits per heavy atom. The molecule has 114 heavy (non-hydrogen) atoms. The minimum atomic E-state index is -4.89. The number of para-hydroxylation sites is 4. The third-order valence-electron chi connectivity index (χ3n) is 23.0. The molecule has 0 N–H and O–H groups in total. The van der Waals surface area contributed by atoms with Gasteiger partial charge in [0.1, 0.15) is 0 Å². The van der Waals surface area contributed by atoms with E-state index in [9.17, 15) is 55.1 Å². The summed E-state index contributed by atoms with van der Waals surface area (Å²) in [4.78, 5) is 80.7. The second kappa shape index (κ2) is 41.2. The molecule has 14 rings (SSSR count). The summed E-state index contributed by atoms with van der Waals surface area (Å²) < 4.78 is 95.8. The maximum atomic E-state index is 13.0. The Morgan fingerprint density at radius 2 is 0.605 bits per heavy atom. The van der Waals surface area contributed by atoms with Crippen LogP contribution >= 0.6 is 0 Å². The Kier molecular flexibility index (Phi) is 30.9. The molecule has 4 saturated heterocycles. The monoisotopic (exact) mass is 1570 g/mol. The third kappa shape index (κ3) is 23.4. The molecule has 4 fully saturated rings. The normalized spacial score (nSPS) is 16.1. The summed E-state index contributed by atoms with van der Waals surface area (Å²) in [6.07, 6.45) is 11.5. The van der Waals surface area contributed by atoms with Crippen molar-refractivity contribution < 1.29 is 64.6 Å². The van der Waals surface area contributed by atoms with E-state index in [4.69, 9.17) is 9.47 Å². The van der Waals surface area contributed by atoms with Gasteiger partial charge in [0.05, 0.1) is 36.2 Å². The number of piperidine rings is 4. The lowest BCUT2D eigenvalue weighted by Crippen LogP contribution is -2.38. The fourth-order valence-electron chi connectivity index (χ4n) is 16.8. The van der Waals surface area contributed by atoms with Gasteiger partial charge in [-0.2, -0.15) is 26.3 Å². The van der Waals surface area contributed by atoms with Gasteiger partial charge >= 0.3 is 24.3 Å². The Hall–Kier alpha value is -9.48. The van der Waals surface area contributed by atoms with Crippen LogP contribution in [0.3, 0.4) is 0 Å². The van der Waals surface area contributed by atoms with Gasteiger partial charge in [0.2, 0.25) is 0 Å². The van der Waals surface area contributed by atoms with Crippen LogP contribution in [0.15, 0.2) is 183 Å². The minimum absolute atomic E-state index is 0.0458. The Bertz CT molecular complexity index is 4780. The summed E-state index contributed by atoms with van der Waals surface area (Å²) in [5.74, 6) is -1.96. The average molecular weight is 1570 g/mol. The predicted octanol–water partition coefficient (Wildman–Crippen LogP) is 18.5. The molecule has 0 unspecified atom stereocenters. The van der Waals surface area contributed by atoms with Gasteiger partial charge < -0.3 is 47.3 Å². The van der Waals surface area contributed by atoms with Crippen molar-refractivity contribution in [3.05, 3.63) is 216 Å². The van der Waals surface area contributed by atoms with E-state index in [1.807, 2.05) is 49.6 Å². The molecule has 0 radical (unpaired) electrons. The fourth-order valence-corrected chi connectivity index (χ4v) is 16.8. The smallest absolute Gasteiger partial charge is 0.454 e. The van der Waals surface area contributed by atoms with Crippen LogP contribution < -0.4 is 0 Å². The van der Waals surface area contributed by atoms with Gasteiger partial charge in [-0.15, -0.1) is 0 Å². The van der Waals surface area contributed by atoms with Crippen molar-refractivity contribution in [1.82, 2.24) is 37.9 Å². The SMILES string of the molecule is CC(=O)c1cn(CCCCN2CCC(Cc3ccccc3)CC2)c2ccccc12.CCOC(=O)C1CCN(CCCn2cc(C(=O)C(F)(F)F)c3ccccc32)CC1.CCOC(=O)C1CCN(CCn2cc(C(C)=O)c3ccccc32)CC1.O=C(c1cn(CCCN2CCC(Cc3ccccc3)CC2)c2ccccc12)C(F)(F)F. The molecule has 0 bridgehead atoms. The highest BCUT2D eigenvalue weighted by Crippen LogP contribution is 2.33. The number of hydrogen-bond acceptors (Lipinski definition) is 12. The van der Waals surface area contributed by atoms with Gasteiger partial charge in [-0.1, -0.05) is 133 Å². The number of nitrogens with zero attached hydrogens (tertiary/aromatic N) is 8. The summed E-state index contributed by atoms with van der Waals surface area (Å²) in [6.45, 7) is 22.5. The van der Waals surface area contributed by atoms with Crippen molar-refractivity contribution >= 4 is 78.7 Å². The zero-order valence-electron chi connectivity index (χ0n) is 66.4. The van der Waals surface area contributed by atoms with E-state index in [1.54, 1.807) is 78.4 Å². The molecule has 4 aliphatic rings. The molecule has 8 heterocycles. The van der Waals surface area contributed by atoms with Crippen LogP contribution in [-0.4, -0.2) is 177 Å². The van der Waals surface area contributed by atoms with Crippen LogP contribution in [0.1, 0.15) is 157 Å². The number of aromatic nitrogens is 4. The van der Waals surface area contributed by atoms with E-state index in [1.165, 1.54) is 87.2 Å². The van der Waals surface area contributed by atoms with Gasteiger partial charge in [0, 0.05) is 112 Å². The summed E-state index contributed by atoms with van der Waals surface area (Å²) in [5.41, 5.74) is 7.54. The molecule has 0 atom stereocenters. The first-order valence-electron chi connectivity index (χ1n) is 40.9. The minimum Gasteiger partial charge on any atom is -0.466 e. The number of carbonyl (C=O) groups excluding carboxylic acids is 6. The predicted molar refractivity (Wildman–Crippen MR) is 437 cm³/mol. The number of ketones is 4. The maximum absolute atomic E-state index is 13.0. The fraction of sp³-hybridized carbons (Fsp3) is 0.457. The largest absolute Gasteiger partial charge is 0.466 e. The zero-order valence-corrected chi connectivity index (χ0v) is 66.4. The highest BCUT2D eigenvalue weighted by atomic mass is 19.4. The number of ether oxygens (including phenoxy) is 2. The number of carbonyl (C=O) groups is 6. The van der Waals surface area contributed by atoms with Crippen molar-refractivity contribution in [2.45, 2.75) is 156 Å². The van der Waals surface area contributed by atoms with Crippen LogP contribution in [0, 0.1) is 23.7 Å². The maximum Gasteiger partial charge on any atom is 0.454 e. The van der Waals surface area contributed by atoms with E-state index < -0.39 is 23.9 Å². The Labute approximate surface area is 665 Å². The molecule has 22 heteroatoms. The van der Waals surface area contributed by atoms with Gasteiger partial charge in [-0.3, -0.25) is 28.8 Å². The van der Waals surface area contributed by atoms with Gasteiger partial charge in [0.25, 0.3) is 11.6 Å². The lowest BCUT2D eigenvalue weighted by atomic mass is 9.90. The molecule has 6 aromatic carbocycles. The van der Waals surface area contributed by atoms with Crippen LogP contribution in [0.25, 0.3) is 43.6 Å². The number of halogens is 6. The summed E-state index contributed by atoms with van der Waals surface area (Å²) in [5, 5.41) is 2.80. The quantitative estimate of drug-likeness (QED) is 0.0198. The lowest BCUT2D eigenvalue weighted by Gasteiger charge is -2.32. The molecular formula is C92H110F6N8O8. The number of hydrogen-bond donors (Lipinski definition) is 0. The second-order valence-electron chi connectivity index (χ2n) is 30.9. The molecule has 10 aromatic rings. The first-order chi connectivity index (χ1) is 55.0. The first kappa shape index (κ1) is 85.4. The van der Waals surface area contributed by atoms with Crippen molar-refractivity contribution in [1.29, 1.82) is 0 Å². The van der Waals surface area contributed by atoms with Crippen LogP contribution in [-0.2, 0) is 58.1 Å². The van der Waals surface area contributed by atoms with E-state index in [0.29, 0.717) is 54.0 Å². The molecule has 4 aliphatic heterocycles. The molecular weight excluding hydrogens is 1460 g/mol. The van der Waals surface area contributed by atoms with Gasteiger partial charge in [-0.25, -0.2) is 0 Å². The Morgan fingerprint density at radius 1 is 0.333 bits per heavy atom. The molecule has 0 saturated carbocycles. The number of benzene rings is 6. The number of likely N-dealkylation sites (tertiary alicyclic amines) is 4. The van der Waals surface area contributed by atoms with E-state index in [-0.39, 0.29) is 46.5 Å². The topological polar surface area (TPSA) is 154 Å². The summed E-state index contributed by atoms with van der Waals surface area (Å²) >= 11 is 0. The van der Waals surface area contributed by atoms with Crippen molar-refractivity contribution in [3.63, 3.8) is 0 Å². The Balaban J connectivity index is 0.000000150. The lowest BCUT2D eigenvalue weighted by molar-refractivity contribution is -0.150. The molecule has 0 amide bonds. The number of fused-ring (bicyclic) bond motifs is 4. The number of rotatable bonds is 28. The molecule has 16 nitrogen and oxygen atoms in total. The molecule has 0 aliphatic carbocycles. The average Bonchev–Trinajstić information content (AvgIpc) is 1.65. The van der Waals surface area contributed by atoms with E-state index >= 15 is 0 Å². The van der Waals surface area contributed by atoms with Gasteiger partial charge in [0.15, 0.2) is 11.6 Å². The van der Waals surface area contributed by atoms with Crippen molar-refractivity contribution in [2.75, 3.05) is 91.8 Å². The number of Topliss-reactive ketones (excluding diaryl/α,β-unsaturated/α-hetero) is 4. The molecule has 4 aromatic heterocycles.